The number of carbonyl (C=O) groups is 1. The van der Waals surface area contributed by atoms with Crippen LogP contribution in [0.1, 0.15) is 6.92 Å². The largest absolute Gasteiger partial charge is 0.480 e. The fourth-order valence-electron chi connectivity index (χ4n) is 0.0902. The van der Waals surface area contributed by atoms with E-state index in [0.717, 1.165) is 6.92 Å². The molecule has 1 atom stereocenters. The summed E-state index contributed by atoms with van der Waals surface area (Å²) in [4.78, 5) is 9.76. The van der Waals surface area contributed by atoms with Crippen LogP contribution in [0.15, 0.2) is 0 Å². The number of carboxylic acid groups (broad SMARTS) is 1. The summed E-state index contributed by atoms with van der Waals surface area (Å²) in [6.45, 7) is 1.12. The maximum atomic E-state index is 9.80. The molecule has 8 heavy (non-hydrogen) atoms. The fraction of sp³-hybridized carbons (Fsp3) is 0.667. The van der Waals surface area contributed by atoms with E-state index in [2.05, 4.69) is 0 Å². The van der Waals surface area contributed by atoms with Crippen molar-refractivity contribution in [1.82, 2.24) is 0 Å². The molecule has 0 bridgehead atoms. The molecule has 0 aliphatic carbocycles. The van der Waals surface area contributed by atoms with Crippen LogP contribution in [-0.2, 0) is 15.5 Å². The molecule has 1 unspecified atom stereocenters. The van der Waals surface area contributed by atoms with Gasteiger partial charge in [0.15, 0.2) is 16.0 Å². The molecule has 0 rings (SSSR count). The Morgan fingerprint density at radius 1 is 1.62 bits per heavy atom. The number of aliphatic carboxylic acids is 1. The second-order valence-corrected chi connectivity index (χ2v) is 2.64. The first-order valence-electron chi connectivity index (χ1n) is 1.92. The predicted molar refractivity (Wildman–Crippen MR) is 27.4 cm³/mol. The lowest BCUT2D eigenvalue weighted by molar-refractivity contribution is -0.136. The summed E-state index contributed by atoms with van der Waals surface area (Å²) in [5.41, 5.74) is 0. The molecule has 48 valence electrons. The Bertz CT molecular complexity index is 151. The van der Waals surface area contributed by atoms with Gasteiger partial charge < -0.3 is 5.11 Å². The van der Waals surface area contributed by atoms with Gasteiger partial charge in [-0.2, -0.15) is 0 Å². The summed E-state index contributed by atoms with van der Waals surface area (Å²) >= 11 is 0. The number of thiol groups is 1. The lowest BCUT2D eigenvalue weighted by atomic mass is 10.5. The first-order chi connectivity index (χ1) is 3.55. The average Bonchev–Trinajstić information content (AvgIpc) is 1.64. The lowest BCUT2D eigenvalue weighted by Gasteiger charge is -1.90. The van der Waals surface area contributed by atoms with E-state index in [1.54, 1.807) is 0 Å². The zero-order valence-electron chi connectivity index (χ0n) is 4.20. The zero-order valence-corrected chi connectivity index (χ0v) is 5.09. The topological polar surface area (TPSA) is 71.4 Å². The van der Waals surface area contributed by atoms with Crippen molar-refractivity contribution in [3.8, 4) is 0 Å². The van der Waals surface area contributed by atoms with Crippen LogP contribution in [0.2, 0.25) is 0 Å². The van der Waals surface area contributed by atoms with Gasteiger partial charge in [-0.3, -0.25) is 4.79 Å². The van der Waals surface area contributed by atoms with E-state index in [4.69, 9.17) is 5.11 Å². The molecule has 0 aromatic rings. The summed E-state index contributed by atoms with van der Waals surface area (Å²) in [6, 6.07) is 0. The standard InChI is InChI=1S/C3H6O4S/c1-2(3(4)5)8(6)7/h2,8H,1H3,(H,4,5). The van der Waals surface area contributed by atoms with Gasteiger partial charge in [0, 0.05) is 0 Å². The van der Waals surface area contributed by atoms with E-state index in [-0.39, 0.29) is 0 Å². The maximum Gasteiger partial charge on any atom is 0.321 e. The van der Waals surface area contributed by atoms with Crippen LogP contribution in [0.25, 0.3) is 0 Å². The highest BCUT2D eigenvalue weighted by atomic mass is 32.2. The quantitative estimate of drug-likeness (QED) is 0.483. The minimum atomic E-state index is -2.80. The van der Waals surface area contributed by atoms with Crippen LogP contribution in [-0.4, -0.2) is 24.7 Å². The van der Waals surface area contributed by atoms with Crippen molar-refractivity contribution in [1.29, 1.82) is 0 Å². The highest BCUT2D eigenvalue weighted by Gasteiger charge is 2.11. The fourth-order valence-corrected chi connectivity index (χ4v) is 0.271. The predicted octanol–water partition coefficient (Wildman–Crippen LogP) is -0.929. The molecule has 0 heterocycles. The monoisotopic (exact) mass is 138 g/mol. The van der Waals surface area contributed by atoms with E-state index in [1.165, 1.54) is 0 Å². The molecule has 0 spiro atoms. The molecular weight excluding hydrogens is 132 g/mol. The SMILES string of the molecule is CC(C(=O)O)[SH](=O)=O. The number of rotatable bonds is 2. The third kappa shape index (κ3) is 1.92. The second-order valence-electron chi connectivity index (χ2n) is 1.30. The van der Waals surface area contributed by atoms with Crippen molar-refractivity contribution in [3.63, 3.8) is 0 Å². The van der Waals surface area contributed by atoms with Crippen LogP contribution in [0.3, 0.4) is 0 Å². The van der Waals surface area contributed by atoms with Gasteiger partial charge in [-0.15, -0.1) is 0 Å². The van der Waals surface area contributed by atoms with Gasteiger partial charge >= 0.3 is 5.97 Å². The van der Waals surface area contributed by atoms with Crippen molar-refractivity contribution in [2.75, 3.05) is 0 Å². The molecule has 5 heteroatoms. The first-order valence-corrected chi connectivity index (χ1v) is 3.16. The molecule has 0 aliphatic rings. The van der Waals surface area contributed by atoms with Gasteiger partial charge in [0.25, 0.3) is 0 Å². The van der Waals surface area contributed by atoms with Gasteiger partial charge in [-0.05, 0) is 6.92 Å². The van der Waals surface area contributed by atoms with Crippen LogP contribution in [0, 0.1) is 0 Å². The van der Waals surface area contributed by atoms with E-state index < -0.39 is 21.9 Å². The van der Waals surface area contributed by atoms with Gasteiger partial charge in [0.05, 0.1) is 0 Å². The third-order valence-corrected chi connectivity index (χ3v) is 1.53. The Balaban J connectivity index is 4.04. The number of hydrogen-bond acceptors (Lipinski definition) is 3. The Morgan fingerprint density at radius 3 is 2.00 bits per heavy atom. The van der Waals surface area contributed by atoms with Gasteiger partial charge in [-0.1, -0.05) is 0 Å². The Morgan fingerprint density at radius 2 is 2.00 bits per heavy atom. The molecule has 1 N–H and O–H groups in total. The summed E-state index contributed by atoms with van der Waals surface area (Å²) in [5, 5.41) is 6.71. The Hall–Kier alpha value is -0.580. The molecule has 4 nitrogen and oxygen atoms in total. The lowest BCUT2D eigenvalue weighted by Crippen LogP contribution is -2.16. The second kappa shape index (κ2) is 2.66. The van der Waals surface area contributed by atoms with E-state index in [1.807, 2.05) is 0 Å². The smallest absolute Gasteiger partial charge is 0.321 e. The van der Waals surface area contributed by atoms with Crippen molar-refractivity contribution >= 4 is 16.7 Å². The molecule has 0 radical (unpaired) electrons. The summed E-state index contributed by atoms with van der Waals surface area (Å²) in [7, 11) is -2.80. The van der Waals surface area contributed by atoms with E-state index >= 15 is 0 Å². The summed E-state index contributed by atoms with van der Waals surface area (Å²) in [6.07, 6.45) is 0. The normalized spacial score (nSPS) is 13.8. The minimum absolute atomic E-state index is 1.12. The average molecular weight is 138 g/mol. The van der Waals surface area contributed by atoms with Crippen LogP contribution in [0.4, 0.5) is 0 Å². The van der Waals surface area contributed by atoms with Gasteiger partial charge in [0.2, 0.25) is 0 Å². The molecule has 0 aliphatic heterocycles. The highest BCUT2D eigenvalue weighted by Crippen LogP contribution is 1.84. The summed E-state index contributed by atoms with van der Waals surface area (Å²) in [5.74, 6) is -1.30. The molecule has 0 aromatic heterocycles. The Labute approximate surface area is 48.1 Å². The van der Waals surface area contributed by atoms with E-state index in [9.17, 15) is 13.2 Å². The van der Waals surface area contributed by atoms with Crippen LogP contribution < -0.4 is 0 Å². The maximum absolute atomic E-state index is 9.80. The molecular formula is C3H6O4S. The van der Waals surface area contributed by atoms with Crippen LogP contribution in [0.5, 0.6) is 0 Å². The van der Waals surface area contributed by atoms with Gasteiger partial charge in [0.1, 0.15) is 0 Å². The van der Waals surface area contributed by atoms with Gasteiger partial charge in [-0.25, -0.2) is 8.42 Å². The molecule has 0 saturated carbocycles. The molecule has 0 amide bonds. The molecule has 0 fully saturated rings. The van der Waals surface area contributed by atoms with E-state index in [0.29, 0.717) is 0 Å². The molecule has 0 saturated heterocycles. The zero-order chi connectivity index (χ0) is 6.73. The summed E-state index contributed by atoms with van der Waals surface area (Å²) < 4.78 is 19.6. The van der Waals surface area contributed by atoms with Crippen LogP contribution >= 0.6 is 0 Å². The molecule has 0 aromatic carbocycles. The Kier molecular flexibility index (Phi) is 2.47. The van der Waals surface area contributed by atoms with Crippen molar-refractivity contribution in [3.05, 3.63) is 0 Å². The first kappa shape index (κ1) is 7.42. The van der Waals surface area contributed by atoms with Crippen molar-refractivity contribution in [2.24, 2.45) is 0 Å². The minimum Gasteiger partial charge on any atom is -0.480 e. The van der Waals surface area contributed by atoms with Crippen molar-refractivity contribution < 1.29 is 18.3 Å². The highest BCUT2D eigenvalue weighted by molar-refractivity contribution is 7.74. The third-order valence-electron chi connectivity index (χ3n) is 0.674. The number of hydrogen-bond donors (Lipinski definition) is 2. The number of carboxylic acids is 1. The van der Waals surface area contributed by atoms with Crippen molar-refractivity contribution in [2.45, 2.75) is 12.2 Å².